The summed E-state index contributed by atoms with van der Waals surface area (Å²) in [6.45, 7) is 8.36. The van der Waals surface area contributed by atoms with Crippen LogP contribution in [-0.2, 0) is 4.74 Å². The highest BCUT2D eigenvalue weighted by Crippen LogP contribution is 2.34. The van der Waals surface area contributed by atoms with Crippen LogP contribution < -0.4 is 4.74 Å². The summed E-state index contributed by atoms with van der Waals surface area (Å²) in [5.41, 5.74) is 1.50. The van der Waals surface area contributed by atoms with E-state index in [9.17, 15) is 4.79 Å². The van der Waals surface area contributed by atoms with Gasteiger partial charge in [0.15, 0.2) is 0 Å². The molecule has 0 aliphatic carbocycles. The number of carbonyl (C=O) groups is 1. The first-order valence-electron chi connectivity index (χ1n) is 7.83. The lowest BCUT2D eigenvalue weighted by Gasteiger charge is -2.37. The molecule has 0 aromatic carbocycles. The van der Waals surface area contributed by atoms with Crippen molar-refractivity contribution in [1.29, 1.82) is 0 Å². The van der Waals surface area contributed by atoms with Gasteiger partial charge in [-0.25, -0.2) is 9.78 Å². The lowest BCUT2D eigenvalue weighted by Crippen LogP contribution is -2.42. The Bertz CT molecular complexity index is 537. The third-order valence-corrected chi connectivity index (χ3v) is 3.80. The van der Waals surface area contributed by atoms with E-state index in [0.29, 0.717) is 5.88 Å². The van der Waals surface area contributed by atoms with Crippen molar-refractivity contribution >= 4 is 6.09 Å². The first-order valence-corrected chi connectivity index (χ1v) is 7.83. The Hall–Kier alpha value is -1.78. The number of ether oxygens (including phenoxy) is 2. The molecule has 1 aromatic rings. The topological polar surface area (TPSA) is 51.7 Å². The Morgan fingerprint density at radius 3 is 2.64 bits per heavy atom. The van der Waals surface area contributed by atoms with Crippen LogP contribution in [0.5, 0.6) is 5.88 Å². The predicted octanol–water partition coefficient (Wildman–Crippen LogP) is 3.86. The van der Waals surface area contributed by atoms with Crippen molar-refractivity contribution in [2.75, 3.05) is 13.7 Å². The summed E-state index contributed by atoms with van der Waals surface area (Å²) in [6, 6.07) is 3.89. The van der Waals surface area contributed by atoms with E-state index in [0.717, 1.165) is 37.1 Å². The Morgan fingerprint density at radius 2 is 2.05 bits per heavy atom. The molecular formula is C17H26N2O3. The maximum absolute atomic E-state index is 12.5. The van der Waals surface area contributed by atoms with Crippen molar-refractivity contribution in [2.45, 2.75) is 58.6 Å². The fraction of sp³-hybridized carbons (Fsp3) is 0.647. The van der Waals surface area contributed by atoms with Gasteiger partial charge in [-0.15, -0.1) is 0 Å². The average Bonchev–Trinajstić information content (AvgIpc) is 2.45. The van der Waals surface area contributed by atoms with Crippen LogP contribution in [0.15, 0.2) is 12.1 Å². The maximum Gasteiger partial charge on any atom is 0.410 e. The molecule has 22 heavy (non-hydrogen) atoms. The highest BCUT2D eigenvalue weighted by Gasteiger charge is 2.32. The molecular weight excluding hydrogens is 280 g/mol. The molecule has 2 heterocycles. The van der Waals surface area contributed by atoms with Gasteiger partial charge in [0.2, 0.25) is 5.88 Å². The number of aryl methyl sites for hydroxylation is 1. The van der Waals surface area contributed by atoms with Gasteiger partial charge in [-0.2, -0.15) is 0 Å². The second-order valence-corrected chi connectivity index (χ2v) is 6.71. The molecule has 1 amide bonds. The molecule has 0 saturated carbocycles. The lowest BCUT2D eigenvalue weighted by atomic mass is 9.95. The summed E-state index contributed by atoms with van der Waals surface area (Å²) >= 11 is 0. The number of amides is 1. The zero-order chi connectivity index (χ0) is 16.3. The van der Waals surface area contributed by atoms with Crippen LogP contribution in [0.1, 0.15) is 57.3 Å². The van der Waals surface area contributed by atoms with E-state index in [1.807, 2.05) is 44.7 Å². The normalized spacial score (nSPS) is 19.0. The van der Waals surface area contributed by atoms with Crippen LogP contribution in [-0.4, -0.2) is 35.2 Å². The number of rotatable bonds is 2. The summed E-state index contributed by atoms with van der Waals surface area (Å²) in [4.78, 5) is 18.8. The van der Waals surface area contributed by atoms with E-state index in [1.165, 1.54) is 0 Å². The summed E-state index contributed by atoms with van der Waals surface area (Å²) in [6.07, 6.45) is 2.81. The van der Waals surface area contributed by atoms with Crippen LogP contribution in [0, 0.1) is 6.92 Å². The predicted molar refractivity (Wildman–Crippen MR) is 85.1 cm³/mol. The van der Waals surface area contributed by atoms with Crippen molar-refractivity contribution in [3.05, 3.63) is 23.4 Å². The molecule has 0 N–H and O–H groups in total. The van der Waals surface area contributed by atoms with Gasteiger partial charge in [0.25, 0.3) is 0 Å². The molecule has 0 spiro atoms. The van der Waals surface area contributed by atoms with E-state index >= 15 is 0 Å². The SMILES string of the molecule is COc1ccc([C@@H]2CCCCN2C(=O)OC(C)(C)C)c(C)n1. The Labute approximate surface area is 132 Å². The molecule has 1 aliphatic rings. The number of piperidine rings is 1. The van der Waals surface area contributed by atoms with Gasteiger partial charge >= 0.3 is 6.09 Å². The fourth-order valence-corrected chi connectivity index (χ4v) is 2.81. The van der Waals surface area contributed by atoms with E-state index < -0.39 is 5.60 Å². The van der Waals surface area contributed by atoms with Crippen molar-refractivity contribution < 1.29 is 14.3 Å². The lowest BCUT2D eigenvalue weighted by molar-refractivity contribution is 0.00941. The van der Waals surface area contributed by atoms with Gasteiger partial charge in [0, 0.05) is 18.3 Å². The van der Waals surface area contributed by atoms with Crippen molar-refractivity contribution in [1.82, 2.24) is 9.88 Å². The van der Waals surface area contributed by atoms with Crippen molar-refractivity contribution in [2.24, 2.45) is 0 Å². The second kappa shape index (κ2) is 6.55. The third kappa shape index (κ3) is 3.90. The molecule has 1 aliphatic heterocycles. The molecule has 1 fully saturated rings. The van der Waals surface area contributed by atoms with Crippen LogP contribution in [0.4, 0.5) is 4.79 Å². The summed E-state index contributed by atoms with van der Waals surface area (Å²) in [5.74, 6) is 0.598. The Kier molecular flexibility index (Phi) is 4.94. The average molecular weight is 306 g/mol. The highest BCUT2D eigenvalue weighted by atomic mass is 16.6. The summed E-state index contributed by atoms with van der Waals surface area (Å²) < 4.78 is 10.7. The first-order chi connectivity index (χ1) is 10.3. The van der Waals surface area contributed by atoms with Gasteiger partial charge < -0.3 is 14.4 Å². The Morgan fingerprint density at radius 1 is 1.32 bits per heavy atom. The summed E-state index contributed by atoms with van der Waals surface area (Å²) in [5, 5.41) is 0. The molecule has 1 aromatic heterocycles. The van der Waals surface area contributed by atoms with Crippen molar-refractivity contribution in [3.8, 4) is 5.88 Å². The molecule has 5 heteroatoms. The van der Waals surface area contributed by atoms with Gasteiger partial charge in [0.05, 0.1) is 13.2 Å². The smallest absolute Gasteiger partial charge is 0.410 e. The minimum atomic E-state index is -0.480. The maximum atomic E-state index is 12.5. The molecule has 122 valence electrons. The largest absolute Gasteiger partial charge is 0.481 e. The molecule has 0 bridgehead atoms. The van der Waals surface area contributed by atoms with Crippen LogP contribution in [0.2, 0.25) is 0 Å². The van der Waals surface area contributed by atoms with Crippen molar-refractivity contribution in [3.63, 3.8) is 0 Å². The third-order valence-electron chi connectivity index (χ3n) is 3.80. The van der Waals surface area contributed by atoms with Crippen LogP contribution in [0.3, 0.4) is 0 Å². The molecule has 0 radical (unpaired) electrons. The minimum Gasteiger partial charge on any atom is -0.481 e. The first kappa shape index (κ1) is 16.6. The van der Waals surface area contributed by atoms with Gasteiger partial charge in [-0.05, 0) is 58.6 Å². The number of nitrogens with zero attached hydrogens (tertiary/aromatic N) is 2. The number of likely N-dealkylation sites (tertiary alicyclic amines) is 1. The number of hydrogen-bond acceptors (Lipinski definition) is 4. The number of pyridine rings is 1. The number of hydrogen-bond donors (Lipinski definition) is 0. The van der Waals surface area contributed by atoms with Gasteiger partial charge in [-0.3, -0.25) is 0 Å². The molecule has 1 saturated heterocycles. The molecule has 5 nitrogen and oxygen atoms in total. The molecule has 0 unspecified atom stereocenters. The number of carbonyl (C=O) groups excluding carboxylic acids is 1. The number of aromatic nitrogens is 1. The number of methoxy groups -OCH3 is 1. The van der Waals surface area contributed by atoms with E-state index in [-0.39, 0.29) is 12.1 Å². The fourth-order valence-electron chi connectivity index (χ4n) is 2.81. The summed E-state index contributed by atoms with van der Waals surface area (Å²) in [7, 11) is 1.61. The van der Waals surface area contributed by atoms with Crippen LogP contribution >= 0.6 is 0 Å². The van der Waals surface area contributed by atoms with Crippen LogP contribution in [0.25, 0.3) is 0 Å². The highest BCUT2D eigenvalue weighted by molar-refractivity contribution is 5.69. The monoisotopic (exact) mass is 306 g/mol. The van der Waals surface area contributed by atoms with E-state index in [1.54, 1.807) is 7.11 Å². The van der Waals surface area contributed by atoms with E-state index in [2.05, 4.69) is 4.98 Å². The zero-order valence-electron chi connectivity index (χ0n) is 14.2. The Balaban J connectivity index is 2.24. The molecule has 1 atom stereocenters. The van der Waals surface area contributed by atoms with Gasteiger partial charge in [0.1, 0.15) is 5.60 Å². The van der Waals surface area contributed by atoms with E-state index in [4.69, 9.17) is 9.47 Å². The second-order valence-electron chi connectivity index (χ2n) is 6.71. The zero-order valence-corrected chi connectivity index (χ0v) is 14.2. The van der Waals surface area contributed by atoms with Gasteiger partial charge in [-0.1, -0.05) is 0 Å². The molecule has 2 rings (SSSR count). The quantitative estimate of drug-likeness (QED) is 0.832. The standard InChI is InChI=1S/C17H26N2O3/c1-12-13(9-10-15(18-12)21-5)14-8-6-7-11-19(14)16(20)22-17(2,3)4/h9-10,14H,6-8,11H2,1-5H3/t14-/m0/s1. The minimum absolute atomic E-state index is 0.0296.